The molecule has 1 unspecified atom stereocenters. The van der Waals surface area contributed by atoms with E-state index < -0.39 is 0 Å². The minimum absolute atomic E-state index is 0.0494. The first kappa shape index (κ1) is 28.2. The number of H-pyrrole nitrogens is 1. The van der Waals surface area contributed by atoms with Gasteiger partial charge in [0.05, 0.1) is 32.3 Å². The Bertz CT molecular complexity index is 1490. The monoisotopic (exact) mass is 554 g/mol. The van der Waals surface area contributed by atoms with Gasteiger partial charge in [-0.05, 0) is 80.3 Å². The van der Waals surface area contributed by atoms with Gasteiger partial charge in [-0.15, -0.1) is 0 Å². The number of methoxy groups -OCH3 is 2. The van der Waals surface area contributed by atoms with E-state index >= 15 is 0 Å². The predicted molar refractivity (Wildman–Crippen MR) is 159 cm³/mol. The van der Waals surface area contributed by atoms with Crippen molar-refractivity contribution in [3.8, 4) is 23.0 Å². The van der Waals surface area contributed by atoms with Crippen LogP contribution in [0.1, 0.15) is 58.3 Å². The quantitative estimate of drug-likeness (QED) is 0.253. The zero-order valence-corrected chi connectivity index (χ0v) is 24.4. The number of carbonyl (C=O) groups excluding carboxylic acids is 1. The highest BCUT2D eigenvalue weighted by Gasteiger charge is 2.31. The zero-order valence-electron chi connectivity index (χ0n) is 24.4. The average molecular weight is 555 g/mol. The lowest BCUT2D eigenvalue weighted by Gasteiger charge is -2.38. The summed E-state index contributed by atoms with van der Waals surface area (Å²) in [6, 6.07) is 19.7. The van der Waals surface area contributed by atoms with Gasteiger partial charge in [0.25, 0.3) is 5.91 Å². The zero-order chi connectivity index (χ0) is 28.9. The number of aromatic amines is 1. The molecule has 5 rings (SSSR count). The Hall–Kier alpha value is -4.30. The van der Waals surface area contributed by atoms with Crippen LogP contribution in [0.3, 0.4) is 0 Å². The van der Waals surface area contributed by atoms with Crippen molar-refractivity contribution in [1.82, 2.24) is 19.8 Å². The minimum atomic E-state index is -0.0639. The fourth-order valence-corrected chi connectivity index (χ4v) is 5.51. The molecule has 214 valence electrons. The second-order valence-corrected chi connectivity index (χ2v) is 10.2. The number of nitrogens with one attached hydrogen (secondary N) is 1. The Morgan fingerprint density at radius 3 is 2.41 bits per heavy atom. The van der Waals surface area contributed by atoms with Gasteiger partial charge >= 0.3 is 0 Å². The van der Waals surface area contributed by atoms with Crippen LogP contribution in [0.4, 0.5) is 0 Å². The third-order valence-electron chi connectivity index (χ3n) is 7.83. The summed E-state index contributed by atoms with van der Waals surface area (Å²) in [5, 5.41) is 0. The smallest absolute Gasteiger partial charge is 0.253 e. The first-order valence-electron chi connectivity index (χ1n) is 14.1. The van der Waals surface area contributed by atoms with Crippen LogP contribution < -0.4 is 14.2 Å². The van der Waals surface area contributed by atoms with Gasteiger partial charge in [0.15, 0.2) is 11.5 Å². The molecule has 0 saturated heterocycles. The van der Waals surface area contributed by atoms with Crippen LogP contribution in [0.2, 0.25) is 0 Å². The molecule has 1 aliphatic rings. The number of benzene rings is 3. The van der Waals surface area contributed by atoms with Crippen molar-refractivity contribution in [2.45, 2.75) is 39.8 Å². The van der Waals surface area contributed by atoms with Crippen LogP contribution in [0.25, 0.3) is 0 Å². The molecular formula is C33H38N4O4. The normalized spacial score (nSPS) is 14.8. The number of rotatable bonds is 10. The number of amides is 1. The predicted octanol–water partition coefficient (Wildman–Crippen LogP) is 6.16. The van der Waals surface area contributed by atoms with E-state index in [1.807, 2.05) is 62.1 Å². The summed E-state index contributed by atoms with van der Waals surface area (Å²) in [7, 11) is 3.30. The number of aryl methyl sites for hydroxylation is 1. The van der Waals surface area contributed by atoms with Crippen LogP contribution in [0.5, 0.6) is 23.0 Å². The van der Waals surface area contributed by atoms with E-state index in [0.717, 1.165) is 41.2 Å². The summed E-state index contributed by atoms with van der Waals surface area (Å²) in [6.45, 7) is 8.96. The maximum absolute atomic E-state index is 13.0. The molecule has 4 aromatic rings. The summed E-state index contributed by atoms with van der Waals surface area (Å²) < 4.78 is 17.5. The summed E-state index contributed by atoms with van der Waals surface area (Å²) in [5.41, 5.74) is 6.24. The largest absolute Gasteiger partial charge is 0.497 e. The van der Waals surface area contributed by atoms with Crippen molar-refractivity contribution < 1.29 is 19.0 Å². The van der Waals surface area contributed by atoms with Gasteiger partial charge in [-0.25, -0.2) is 4.98 Å². The van der Waals surface area contributed by atoms with E-state index in [-0.39, 0.29) is 11.9 Å². The van der Waals surface area contributed by atoms with Gasteiger partial charge in [-0.3, -0.25) is 9.69 Å². The summed E-state index contributed by atoms with van der Waals surface area (Å²) in [6.07, 6.45) is 2.61. The number of aromatic nitrogens is 2. The minimum Gasteiger partial charge on any atom is -0.497 e. The van der Waals surface area contributed by atoms with Crippen molar-refractivity contribution in [3.05, 3.63) is 101 Å². The standard InChI is InChI=1S/C33H38N4O4/c1-6-36(7-2)33(38)24-13-11-23(12-14-24)32-28-19-31(41-27-10-8-9-26(18-27)39-4)30(40-5)17-25(28)15-16-37(32)20-29-22(3)34-21-35-29/h8-14,17-19,21,32H,6-7,15-16,20H2,1-5H3,(H,34,35). The van der Waals surface area contributed by atoms with Gasteiger partial charge < -0.3 is 24.1 Å². The molecule has 8 heteroatoms. The fourth-order valence-electron chi connectivity index (χ4n) is 5.51. The molecule has 0 radical (unpaired) electrons. The highest BCUT2D eigenvalue weighted by molar-refractivity contribution is 5.94. The maximum atomic E-state index is 13.0. The molecular weight excluding hydrogens is 516 g/mol. The molecule has 1 N–H and O–H groups in total. The number of fused-ring (bicyclic) bond motifs is 1. The number of hydrogen-bond donors (Lipinski definition) is 1. The molecule has 1 amide bonds. The van der Waals surface area contributed by atoms with E-state index in [1.54, 1.807) is 20.5 Å². The lowest BCUT2D eigenvalue weighted by atomic mass is 9.87. The first-order valence-corrected chi connectivity index (χ1v) is 14.1. The Labute approximate surface area is 241 Å². The molecule has 0 spiro atoms. The molecule has 8 nitrogen and oxygen atoms in total. The lowest BCUT2D eigenvalue weighted by molar-refractivity contribution is 0.0773. The van der Waals surface area contributed by atoms with Gasteiger partial charge in [0, 0.05) is 43.5 Å². The highest BCUT2D eigenvalue weighted by atomic mass is 16.5. The summed E-state index contributed by atoms with van der Waals surface area (Å²) in [5.74, 6) is 2.75. The van der Waals surface area contributed by atoms with E-state index in [4.69, 9.17) is 14.2 Å². The molecule has 0 fully saturated rings. The van der Waals surface area contributed by atoms with Crippen LogP contribution in [-0.4, -0.2) is 59.5 Å². The van der Waals surface area contributed by atoms with Crippen LogP contribution >= 0.6 is 0 Å². The lowest BCUT2D eigenvalue weighted by Crippen LogP contribution is -2.36. The number of carbonyl (C=O) groups is 1. The molecule has 0 aliphatic carbocycles. The van der Waals surface area contributed by atoms with E-state index in [0.29, 0.717) is 42.4 Å². The Balaban J connectivity index is 1.56. The summed E-state index contributed by atoms with van der Waals surface area (Å²) in [4.78, 5) is 25.1. The molecule has 1 aliphatic heterocycles. The Morgan fingerprint density at radius 2 is 1.76 bits per heavy atom. The van der Waals surface area contributed by atoms with Crippen LogP contribution in [0.15, 0.2) is 67.0 Å². The maximum Gasteiger partial charge on any atom is 0.253 e. The topological polar surface area (TPSA) is 79.9 Å². The Kier molecular flexibility index (Phi) is 8.59. The second-order valence-electron chi connectivity index (χ2n) is 10.2. The van der Waals surface area contributed by atoms with Crippen molar-refractivity contribution in [2.75, 3.05) is 33.9 Å². The SMILES string of the molecule is CCN(CC)C(=O)c1ccc(C2c3cc(Oc4cccc(OC)c4)c(OC)cc3CCN2Cc2nc[nH]c2C)cc1. The van der Waals surface area contributed by atoms with Crippen molar-refractivity contribution in [2.24, 2.45) is 0 Å². The molecule has 2 heterocycles. The van der Waals surface area contributed by atoms with Gasteiger partial charge in [0.1, 0.15) is 11.5 Å². The molecule has 0 saturated carbocycles. The van der Waals surface area contributed by atoms with Gasteiger partial charge in [0.2, 0.25) is 0 Å². The third kappa shape index (κ3) is 5.93. The average Bonchev–Trinajstić information content (AvgIpc) is 3.41. The first-order chi connectivity index (χ1) is 19.9. The Morgan fingerprint density at radius 1 is 1.00 bits per heavy atom. The summed E-state index contributed by atoms with van der Waals surface area (Å²) >= 11 is 0. The van der Waals surface area contributed by atoms with E-state index in [2.05, 4.69) is 39.1 Å². The third-order valence-corrected chi connectivity index (χ3v) is 7.83. The van der Waals surface area contributed by atoms with E-state index in [1.165, 1.54) is 5.56 Å². The molecule has 1 aromatic heterocycles. The van der Waals surface area contributed by atoms with Gasteiger partial charge in [-0.2, -0.15) is 0 Å². The van der Waals surface area contributed by atoms with Crippen molar-refractivity contribution >= 4 is 5.91 Å². The van der Waals surface area contributed by atoms with Crippen molar-refractivity contribution in [1.29, 1.82) is 0 Å². The number of ether oxygens (including phenoxy) is 3. The van der Waals surface area contributed by atoms with Crippen LogP contribution in [-0.2, 0) is 13.0 Å². The fraction of sp³-hybridized carbons (Fsp3) is 0.333. The van der Waals surface area contributed by atoms with Crippen molar-refractivity contribution in [3.63, 3.8) is 0 Å². The number of hydrogen-bond acceptors (Lipinski definition) is 6. The number of imidazole rings is 1. The highest BCUT2D eigenvalue weighted by Crippen LogP contribution is 2.43. The number of nitrogens with zero attached hydrogens (tertiary/aromatic N) is 3. The van der Waals surface area contributed by atoms with Gasteiger partial charge in [-0.1, -0.05) is 18.2 Å². The van der Waals surface area contributed by atoms with Crippen LogP contribution in [0, 0.1) is 6.92 Å². The molecule has 41 heavy (non-hydrogen) atoms. The molecule has 1 atom stereocenters. The molecule has 0 bridgehead atoms. The molecule has 3 aromatic carbocycles. The van der Waals surface area contributed by atoms with E-state index in [9.17, 15) is 4.79 Å². The second kappa shape index (κ2) is 12.5.